The predicted octanol–water partition coefficient (Wildman–Crippen LogP) is 1.01. The Hall–Kier alpha value is -1.39. The molecule has 1 aromatic rings. The van der Waals surface area contributed by atoms with E-state index in [2.05, 4.69) is 16.7 Å². The van der Waals surface area contributed by atoms with Gasteiger partial charge in [-0.15, -0.1) is 0 Å². The van der Waals surface area contributed by atoms with Gasteiger partial charge < -0.3 is 15.7 Å². The number of hydrogen-bond donors (Lipinski definition) is 3. The molecule has 1 heterocycles. The van der Waals surface area contributed by atoms with Crippen LogP contribution in [0, 0.1) is 5.92 Å². The van der Waals surface area contributed by atoms with Gasteiger partial charge in [-0.05, 0) is 29.9 Å². The fraction of sp³-hybridized carbons (Fsp3) is 0.533. The van der Waals surface area contributed by atoms with Crippen LogP contribution >= 0.6 is 0 Å². The number of carbonyl (C=O) groups excluding carboxylic acids is 1. The summed E-state index contributed by atoms with van der Waals surface area (Å²) in [6, 6.07) is 7.85. The van der Waals surface area contributed by atoms with Gasteiger partial charge in [-0.3, -0.25) is 4.79 Å². The highest BCUT2D eigenvalue weighted by molar-refractivity contribution is 5.83. The molecule has 104 valence electrons. The molecule has 0 spiro atoms. The average Bonchev–Trinajstić information content (AvgIpc) is 2.44. The molecule has 0 aromatic heterocycles. The van der Waals surface area contributed by atoms with Gasteiger partial charge in [-0.25, -0.2) is 0 Å². The summed E-state index contributed by atoms with van der Waals surface area (Å²) in [4.78, 5) is 12.2. The lowest BCUT2D eigenvalue weighted by Gasteiger charge is -2.26. The normalized spacial score (nSPS) is 19.6. The highest BCUT2D eigenvalue weighted by Gasteiger charge is 2.25. The Morgan fingerprint density at radius 2 is 2.32 bits per heavy atom. The Labute approximate surface area is 114 Å². The fourth-order valence-corrected chi connectivity index (χ4v) is 2.44. The van der Waals surface area contributed by atoms with Gasteiger partial charge in [-0.2, -0.15) is 0 Å². The van der Waals surface area contributed by atoms with E-state index in [1.165, 1.54) is 5.56 Å². The number of nitrogens with one attached hydrogen (secondary N) is 2. The van der Waals surface area contributed by atoms with Crippen LogP contribution in [0.25, 0.3) is 0 Å². The van der Waals surface area contributed by atoms with Crippen molar-refractivity contribution >= 4 is 5.91 Å². The average molecular weight is 262 g/mol. The lowest BCUT2D eigenvalue weighted by molar-refractivity contribution is -0.123. The standard InChI is InChI=1S/C15H22N2O2/c1-11(7-9-18)10-17-15(19)14-13-5-3-2-4-12(13)6-8-16-14/h2-5,11,14,16,18H,6-10H2,1H3,(H,17,19). The number of benzene rings is 1. The fourth-order valence-electron chi connectivity index (χ4n) is 2.44. The zero-order valence-corrected chi connectivity index (χ0v) is 11.4. The summed E-state index contributed by atoms with van der Waals surface area (Å²) in [6.07, 6.45) is 1.69. The Morgan fingerprint density at radius 3 is 3.11 bits per heavy atom. The monoisotopic (exact) mass is 262 g/mol. The van der Waals surface area contributed by atoms with Crippen molar-refractivity contribution in [3.8, 4) is 0 Å². The van der Waals surface area contributed by atoms with E-state index in [0.29, 0.717) is 12.5 Å². The number of aliphatic hydroxyl groups is 1. The molecule has 4 heteroatoms. The first-order valence-electron chi connectivity index (χ1n) is 6.92. The molecule has 1 aromatic carbocycles. The number of carbonyl (C=O) groups is 1. The van der Waals surface area contributed by atoms with Gasteiger partial charge >= 0.3 is 0 Å². The Morgan fingerprint density at radius 1 is 1.53 bits per heavy atom. The highest BCUT2D eigenvalue weighted by Crippen LogP contribution is 2.22. The first-order chi connectivity index (χ1) is 9.22. The molecule has 2 rings (SSSR count). The molecule has 3 N–H and O–H groups in total. The molecule has 1 amide bonds. The molecule has 1 aliphatic heterocycles. The van der Waals surface area contributed by atoms with Crippen molar-refractivity contribution in [1.82, 2.24) is 10.6 Å². The van der Waals surface area contributed by atoms with Crippen LogP contribution in [0.5, 0.6) is 0 Å². The lowest BCUT2D eigenvalue weighted by Crippen LogP contribution is -2.42. The third-order valence-electron chi connectivity index (χ3n) is 3.62. The molecule has 2 unspecified atom stereocenters. The van der Waals surface area contributed by atoms with Crippen LogP contribution in [0.15, 0.2) is 24.3 Å². The van der Waals surface area contributed by atoms with Crippen LogP contribution in [0.4, 0.5) is 0 Å². The van der Waals surface area contributed by atoms with E-state index in [1.807, 2.05) is 25.1 Å². The van der Waals surface area contributed by atoms with Gasteiger partial charge in [0.15, 0.2) is 0 Å². The Balaban J connectivity index is 1.97. The van der Waals surface area contributed by atoms with Gasteiger partial charge in [0.25, 0.3) is 0 Å². The summed E-state index contributed by atoms with van der Waals surface area (Å²) in [5, 5.41) is 15.1. The van der Waals surface area contributed by atoms with Crippen LogP contribution in [0.3, 0.4) is 0 Å². The van der Waals surface area contributed by atoms with Gasteiger partial charge in [0.1, 0.15) is 6.04 Å². The third-order valence-corrected chi connectivity index (χ3v) is 3.62. The molecule has 0 saturated carbocycles. The van der Waals surface area contributed by atoms with Crippen molar-refractivity contribution in [3.05, 3.63) is 35.4 Å². The molecule has 0 aliphatic carbocycles. The van der Waals surface area contributed by atoms with Crippen molar-refractivity contribution in [2.45, 2.75) is 25.8 Å². The molecule has 2 atom stereocenters. The summed E-state index contributed by atoms with van der Waals surface area (Å²) in [6.45, 7) is 3.64. The second kappa shape index (κ2) is 6.68. The van der Waals surface area contributed by atoms with Crippen molar-refractivity contribution < 1.29 is 9.90 Å². The predicted molar refractivity (Wildman–Crippen MR) is 74.8 cm³/mol. The highest BCUT2D eigenvalue weighted by atomic mass is 16.3. The summed E-state index contributed by atoms with van der Waals surface area (Å²) in [5.41, 5.74) is 2.34. The summed E-state index contributed by atoms with van der Waals surface area (Å²) in [7, 11) is 0. The van der Waals surface area contributed by atoms with Crippen molar-refractivity contribution in [2.24, 2.45) is 5.92 Å². The maximum absolute atomic E-state index is 12.2. The van der Waals surface area contributed by atoms with Crippen molar-refractivity contribution in [1.29, 1.82) is 0 Å². The smallest absolute Gasteiger partial charge is 0.241 e. The van der Waals surface area contributed by atoms with Crippen molar-refractivity contribution in [2.75, 3.05) is 19.7 Å². The number of aliphatic hydroxyl groups excluding tert-OH is 1. The number of rotatable bonds is 5. The van der Waals surface area contributed by atoms with Gasteiger partial charge in [0.05, 0.1) is 0 Å². The Bertz CT molecular complexity index is 434. The molecular weight excluding hydrogens is 240 g/mol. The zero-order chi connectivity index (χ0) is 13.7. The number of hydrogen-bond acceptors (Lipinski definition) is 3. The largest absolute Gasteiger partial charge is 0.396 e. The first-order valence-corrected chi connectivity index (χ1v) is 6.92. The third kappa shape index (κ3) is 3.55. The summed E-state index contributed by atoms with van der Waals surface area (Å²) >= 11 is 0. The molecule has 1 aliphatic rings. The minimum Gasteiger partial charge on any atom is -0.396 e. The van der Waals surface area contributed by atoms with E-state index in [1.54, 1.807) is 0 Å². The SMILES string of the molecule is CC(CCO)CNC(=O)C1NCCc2ccccc21. The minimum absolute atomic E-state index is 0.0249. The van der Waals surface area contributed by atoms with Crippen LogP contribution in [0.2, 0.25) is 0 Å². The summed E-state index contributed by atoms with van der Waals surface area (Å²) in [5.74, 6) is 0.324. The van der Waals surface area contributed by atoms with E-state index in [-0.39, 0.29) is 18.6 Å². The number of fused-ring (bicyclic) bond motifs is 1. The first kappa shape index (κ1) is 14.0. The maximum atomic E-state index is 12.2. The van der Waals surface area contributed by atoms with Crippen LogP contribution in [-0.4, -0.2) is 30.7 Å². The van der Waals surface area contributed by atoms with Crippen LogP contribution in [-0.2, 0) is 11.2 Å². The molecular formula is C15H22N2O2. The molecule has 0 radical (unpaired) electrons. The van der Waals surface area contributed by atoms with Crippen LogP contribution < -0.4 is 10.6 Å². The van der Waals surface area contributed by atoms with E-state index in [0.717, 1.165) is 24.9 Å². The van der Waals surface area contributed by atoms with Crippen molar-refractivity contribution in [3.63, 3.8) is 0 Å². The molecule has 4 nitrogen and oxygen atoms in total. The topological polar surface area (TPSA) is 61.4 Å². The summed E-state index contributed by atoms with van der Waals surface area (Å²) < 4.78 is 0. The minimum atomic E-state index is -0.244. The lowest BCUT2D eigenvalue weighted by atomic mass is 9.94. The molecule has 0 fully saturated rings. The zero-order valence-electron chi connectivity index (χ0n) is 11.4. The second-order valence-corrected chi connectivity index (χ2v) is 5.20. The van der Waals surface area contributed by atoms with E-state index in [4.69, 9.17) is 5.11 Å². The molecule has 0 bridgehead atoms. The van der Waals surface area contributed by atoms with Gasteiger partial charge in [-0.1, -0.05) is 31.2 Å². The van der Waals surface area contributed by atoms with Crippen LogP contribution in [0.1, 0.15) is 30.5 Å². The van der Waals surface area contributed by atoms with Gasteiger partial charge in [0, 0.05) is 19.7 Å². The number of amides is 1. The quantitative estimate of drug-likeness (QED) is 0.742. The van der Waals surface area contributed by atoms with E-state index >= 15 is 0 Å². The Kier molecular flexibility index (Phi) is 4.93. The maximum Gasteiger partial charge on any atom is 0.241 e. The van der Waals surface area contributed by atoms with E-state index < -0.39 is 0 Å². The van der Waals surface area contributed by atoms with E-state index in [9.17, 15) is 4.79 Å². The molecule has 19 heavy (non-hydrogen) atoms. The molecule has 0 saturated heterocycles. The van der Waals surface area contributed by atoms with Gasteiger partial charge in [0.2, 0.25) is 5.91 Å². The second-order valence-electron chi connectivity index (χ2n) is 5.20.